The Balaban J connectivity index is 0.00000392. The summed E-state index contributed by atoms with van der Waals surface area (Å²) < 4.78 is 5.67. The molecular weight excluding hydrogens is 535 g/mol. The molecule has 2 rings (SSSR count). The van der Waals surface area contributed by atoms with Crippen molar-refractivity contribution in [1.29, 1.82) is 0 Å². The zero-order chi connectivity index (χ0) is 19.8. The zero-order valence-electron chi connectivity index (χ0n) is 16.5. The number of benzene rings is 1. The summed E-state index contributed by atoms with van der Waals surface area (Å²) in [6, 6.07) is 3.66. The van der Waals surface area contributed by atoms with E-state index in [0.29, 0.717) is 40.0 Å². The summed E-state index contributed by atoms with van der Waals surface area (Å²) in [4.78, 5) is 9.10. The summed E-state index contributed by atoms with van der Waals surface area (Å²) in [6.45, 7) is 8.46. The number of nitrogens with one attached hydrogen (secondary N) is 2. The number of hydrogen-bond donors (Lipinski definition) is 2. The van der Waals surface area contributed by atoms with Crippen LogP contribution in [0.15, 0.2) is 17.1 Å². The van der Waals surface area contributed by atoms with Crippen molar-refractivity contribution in [2.24, 2.45) is 4.99 Å². The number of likely N-dealkylation sites (N-methyl/N-ethyl adjacent to an activating group) is 1. The van der Waals surface area contributed by atoms with Gasteiger partial charge in [-0.25, -0.2) is 0 Å². The lowest BCUT2D eigenvalue weighted by Gasteiger charge is -2.36. The van der Waals surface area contributed by atoms with Gasteiger partial charge in [0.1, 0.15) is 6.61 Å². The number of hydrogen-bond acceptors (Lipinski definition) is 4. The van der Waals surface area contributed by atoms with Crippen molar-refractivity contribution in [1.82, 2.24) is 20.4 Å². The number of rotatable bonds is 7. The van der Waals surface area contributed by atoms with Crippen LogP contribution in [0.25, 0.3) is 0 Å². The molecule has 0 amide bonds. The fraction of sp³-hybridized carbons (Fsp3) is 0.611. The van der Waals surface area contributed by atoms with Crippen LogP contribution in [0.5, 0.6) is 5.75 Å². The highest BCUT2D eigenvalue weighted by Gasteiger charge is 2.19. The first-order valence-corrected chi connectivity index (χ1v) is 10.2. The molecule has 1 aromatic rings. The average Bonchev–Trinajstić information content (AvgIpc) is 2.63. The lowest BCUT2D eigenvalue weighted by atomic mass is 10.2. The van der Waals surface area contributed by atoms with Gasteiger partial charge in [0.25, 0.3) is 0 Å². The molecule has 0 bridgehead atoms. The van der Waals surface area contributed by atoms with E-state index in [1.54, 1.807) is 19.2 Å². The molecule has 1 aromatic carbocycles. The fourth-order valence-electron chi connectivity index (χ4n) is 2.85. The van der Waals surface area contributed by atoms with Crippen molar-refractivity contribution < 1.29 is 4.74 Å². The van der Waals surface area contributed by atoms with Crippen LogP contribution >= 0.6 is 58.8 Å². The van der Waals surface area contributed by atoms with Gasteiger partial charge in [0.2, 0.25) is 0 Å². The summed E-state index contributed by atoms with van der Waals surface area (Å²) in [5, 5.41) is 7.87. The van der Waals surface area contributed by atoms with Gasteiger partial charge in [-0.05, 0) is 26.1 Å². The second kappa shape index (κ2) is 13.2. The minimum atomic E-state index is 0. The largest absolute Gasteiger partial charge is 0.489 e. The summed E-state index contributed by atoms with van der Waals surface area (Å²) in [5.41, 5.74) is 0. The normalized spacial score (nSPS) is 17.0. The molecule has 0 aliphatic carbocycles. The third-order valence-electron chi connectivity index (χ3n) is 4.55. The molecule has 0 spiro atoms. The van der Waals surface area contributed by atoms with E-state index < -0.39 is 0 Å². The Kier molecular flexibility index (Phi) is 12.2. The SMILES string of the molecule is CN=C(NCCOc1c(Cl)cc(Cl)cc1Cl)NCC(C)N1CCN(C)CC1.I. The van der Waals surface area contributed by atoms with Crippen LogP contribution in [0, 0.1) is 0 Å². The molecule has 1 heterocycles. The predicted octanol–water partition coefficient (Wildman–Crippen LogP) is 3.44. The van der Waals surface area contributed by atoms with Crippen LogP contribution in [0.3, 0.4) is 0 Å². The number of halogens is 4. The smallest absolute Gasteiger partial charge is 0.191 e. The van der Waals surface area contributed by atoms with E-state index in [1.807, 2.05) is 0 Å². The molecule has 1 aliphatic rings. The average molecular weight is 565 g/mol. The van der Waals surface area contributed by atoms with E-state index in [1.165, 1.54) is 0 Å². The van der Waals surface area contributed by atoms with Crippen molar-refractivity contribution in [3.05, 3.63) is 27.2 Å². The van der Waals surface area contributed by atoms with E-state index in [9.17, 15) is 0 Å². The van der Waals surface area contributed by atoms with Crippen LogP contribution in [0.2, 0.25) is 15.1 Å². The molecule has 10 heteroatoms. The monoisotopic (exact) mass is 563 g/mol. The van der Waals surface area contributed by atoms with Crippen LogP contribution < -0.4 is 15.4 Å². The minimum Gasteiger partial charge on any atom is -0.489 e. The maximum absolute atomic E-state index is 6.11. The van der Waals surface area contributed by atoms with Gasteiger partial charge in [-0.2, -0.15) is 0 Å². The van der Waals surface area contributed by atoms with Gasteiger partial charge in [0, 0.05) is 50.8 Å². The second-order valence-electron chi connectivity index (χ2n) is 6.62. The van der Waals surface area contributed by atoms with Crippen molar-refractivity contribution >= 4 is 64.7 Å². The highest BCUT2D eigenvalue weighted by molar-refractivity contribution is 14.0. The van der Waals surface area contributed by atoms with Crippen molar-refractivity contribution in [2.75, 3.05) is 60.0 Å². The van der Waals surface area contributed by atoms with Gasteiger partial charge in [-0.15, -0.1) is 24.0 Å². The molecule has 1 aliphatic heterocycles. The minimum absolute atomic E-state index is 0. The molecule has 6 nitrogen and oxygen atoms in total. The van der Waals surface area contributed by atoms with E-state index >= 15 is 0 Å². The van der Waals surface area contributed by atoms with E-state index in [4.69, 9.17) is 39.5 Å². The Morgan fingerprint density at radius 1 is 1.14 bits per heavy atom. The molecule has 28 heavy (non-hydrogen) atoms. The van der Waals surface area contributed by atoms with E-state index in [2.05, 4.69) is 39.4 Å². The summed E-state index contributed by atoms with van der Waals surface area (Å²) in [5.74, 6) is 1.18. The zero-order valence-corrected chi connectivity index (χ0v) is 21.1. The fourth-order valence-corrected chi connectivity index (χ4v) is 3.77. The lowest BCUT2D eigenvalue weighted by Crippen LogP contribution is -2.52. The summed E-state index contributed by atoms with van der Waals surface area (Å²) in [7, 11) is 3.92. The standard InChI is InChI=1S/C18H28Cl3N5O.HI/c1-13(26-7-5-25(3)6-8-26)12-24-18(22-2)23-4-9-27-17-15(20)10-14(19)11-16(17)21;/h10-11,13H,4-9,12H2,1-3H3,(H2,22,23,24);1H. The third-order valence-corrected chi connectivity index (χ3v) is 5.33. The topological polar surface area (TPSA) is 52.1 Å². The molecule has 1 fully saturated rings. The molecule has 2 N–H and O–H groups in total. The molecule has 1 atom stereocenters. The highest BCUT2D eigenvalue weighted by atomic mass is 127. The Bertz CT molecular complexity index is 619. The number of ether oxygens (including phenoxy) is 1. The van der Waals surface area contributed by atoms with Crippen molar-refractivity contribution in [3.8, 4) is 5.75 Å². The number of guanidine groups is 1. The molecule has 0 saturated carbocycles. The number of piperazine rings is 1. The summed E-state index contributed by atoms with van der Waals surface area (Å²) in [6.07, 6.45) is 0. The summed E-state index contributed by atoms with van der Waals surface area (Å²) >= 11 is 18.1. The lowest BCUT2D eigenvalue weighted by molar-refractivity contribution is 0.120. The quantitative estimate of drug-likeness (QED) is 0.230. The highest BCUT2D eigenvalue weighted by Crippen LogP contribution is 2.35. The van der Waals surface area contributed by atoms with Gasteiger partial charge in [-0.1, -0.05) is 34.8 Å². The molecular formula is C18H29Cl3IN5O. The first kappa shape index (κ1) is 25.8. The van der Waals surface area contributed by atoms with Gasteiger partial charge in [0.05, 0.1) is 16.6 Å². The van der Waals surface area contributed by atoms with Gasteiger partial charge >= 0.3 is 0 Å². The predicted molar refractivity (Wildman–Crippen MR) is 130 cm³/mol. The molecule has 0 radical (unpaired) electrons. The Morgan fingerprint density at radius 3 is 2.32 bits per heavy atom. The third kappa shape index (κ3) is 8.28. The van der Waals surface area contributed by atoms with E-state index in [0.717, 1.165) is 38.7 Å². The molecule has 0 aromatic heterocycles. The maximum atomic E-state index is 6.11. The molecule has 160 valence electrons. The van der Waals surface area contributed by atoms with Crippen LogP contribution in [-0.2, 0) is 0 Å². The van der Waals surface area contributed by atoms with Gasteiger partial charge in [0.15, 0.2) is 11.7 Å². The van der Waals surface area contributed by atoms with Crippen LogP contribution in [0.4, 0.5) is 0 Å². The Hall–Kier alpha value is -0.190. The molecule has 1 saturated heterocycles. The van der Waals surface area contributed by atoms with Crippen molar-refractivity contribution in [2.45, 2.75) is 13.0 Å². The maximum Gasteiger partial charge on any atom is 0.191 e. The number of nitrogens with zero attached hydrogens (tertiary/aromatic N) is 3. The Labute approximate surface area is 199 Å². The van der Waals surface area contributed by atoms with Crippen LogP contribution in [0.1, 0.15) is 6.92 Å². The van der Waals surface area contributed by atoms with E-state index in [-0.39, 0.29) is 24.0 Å². The first-order chi connectivity index (χ1) is 12.9. The van der Waals surface area contributed by atoms with Crippen molar-refractivity contribution in [3.63, 3.8) is 0 Å². The number of aliphatic imine (C=N–C) groups is 1. The Morgan fingerprint density at radius 2 is 1.75 bits per heavy atom. The van der Waals surface area contributed by atoms with Gasteiger partial charge in [-0.3, -0.25) is 9.89 Å². The second-order valence-corrected chi connectivity index (χ2v) is 7.87. The first-order valence-electron chi connectivity index (χ1n) is 9.05. The van der Waals surface area contributed by atoms with Gasteiger partial charge < -0.3 is 20.3 Å². The molecule has 1 unspecified atom stereocenters. The van der Waals surface area contributed by atoms with Crippen LogP contribution in [-0.4, -0.2) is 81.8 Å².